The Morgan fingerprint density at radius 2 is 0.675 bits per heavy atom. The lowest BCUT2D eigenvalue weighted by Gasteiger charge is -2.29. The van der Waals surface area contributed by atoms with Crippen molar-refractivity contribution >= 4 is 104 Å². The average molecular weight is 1190 g/mol. The van der Waals surface area contributed by atoms with Crippen molar-refractivity contribution in [1.82, 2.24) is 16.0 Å². The van der Waals surface area contributed by atoms with Gasteiger partial charge in [0.05, 0.1) is 25.4 Å². The van der Waals surface area contributed by atoms with E-state index in [1.165, 1.54) is 16.7 Å². The fourth-order valence-corrected chi connectivity index (χ4v) is 9.95. The van der Waals surface area contributed by atoms with E-state index in [1.807, 2.05) is 0 Å². The zero-order valence-electron chi connectivity index (χ0n) is 46.0. The van der Waals surface area contributed by atoms with Crippen LogP contribution in [0.1, 0.15) is 113 Å². The topological polar surface area (TPSA) is 151 Å². The van der Waals surface area contributed by atoms with Gasteiger partial charge in [-0.1, -0.05) is 57.2 Å². The molecule has 3 amide bonds. The van der Waals surface area contributed by atoms with E-state index in [2.05, 4.69) is 124 Å². The van der Waals surface area contributed by atoms with Gasteiger partial charge in [0.25, 0.3) is 0 Å². The van der Waals surface area contributed by atoms with Crippen LogP contribution in [0.4, 0.5) is 17.1 Å². The minimum atomic E-state index is -0.946. The highest BCUT2D eigenvalue weighted by Gasteiger charge is 2.27. The number of benzene rings is 3. The first-order valence-electron chi connectivity index (χ1n) is 27.5. The maximum absolute atomic E-state index is 12.8. The number of hydrogen-bond donors (Lipinski definition) is 4. The van der Waals surface area contributed by atoms with Crippen molar-refractivity contribution in [3.05, 3.63) is 89.5 Å². The normalized spacial score (nSPS) is 13.3. The van der Waals surface area contributed by atoms with E-state index in [4.69, 9.17) is 89.5 Å². The average Bonchev–Trinajstić information content (AvgIpc) is 3.43. The van der Waals surface area contributed by atoms with Crippen LogP contribution in [-0.4, -0.2) is 157 Å². The summed E-state index contributed by atoms with van der Waals surface area (Å²) < 4.78 is 18.1. The van der Waals surface area contributed by atoms with E-state index in [9.17, 15) is 14.4 Å². The standard InChI is InChI=1S/C58H89Cl6N7O6/c1-46(49-10-16-52(17-11-49)69(34-25-59)35-26-60)7-22-55(72)66-31-4-40-75-43-58(65,44-76-41-5-32-67-56(73)23-8-47(2)50-12-18-53(19-13-50)70(36-27-61)37-28-62)45-77-42-6-33-68-57(74)24-9-48(3)51-14-20-54(21-15-51)71(38-29-63)39-30-64/h10-21,46-48H,4-9,22-45,65H2,1-3H3,(H,66,72)(H,67,73)(H,68,74). The minimum Gasteiger partial charge on any atom is -0.379 e. The number of carbonyl (C=O) groups excluding carboxylic acids is 3. The summed E-state index contributed by atoms with van der Waals surface area (Å²) in [6.07, 6.45) is 5.28. The first kappa shape index (κ1) is 68.3. The Labute approximate surface area is 491 Å². The van der Waals surface area contributed by atoms with Gasteiger partial charge in [0.15, 0.2) is 0 Å². The molecule has 0 saturated carbocycles. The van der Waals surface area contributed by atoms with Gasteiger partial charge < -0.3 is 50.6 Å². The van der Waals surface area contributed by atoms with Crippen molar-refractivity contribution in [2.45, 2.75) is 102 Å². The molecule has 3 atom stereocenters. The molecule has 0 saturated heterocycles. The molecule has 5 N–H and O–H groups in total. The quantitative estimate of drug-likeness (QED) is 0.0318. The smallest absolute Gasteiger partial charge is 0.220 e. The summed E-state index contributed by atoms with van der Waals surface area (Å²) in [5, 5.41) is 9.06. The molecule has 0 bridgehead atoms. The molecule has 0 aliphatic carbocycles. The fourth-order valence-electron chi connectivity index (χ4n) is 8.73. The molecule has 13 nitrogen and oxygen atoms in total. The monoisotopic (exact) mass is 1190 g/mol. The highest BCUT2D eigenvalue weighted by molar-refractivity contribution is 6.19. The summed E-state index contributed by atoms with van der Waals surface area (Å²) >= 11 is 35.9. The van der Waals surface area contributed by atoms with Crippen molar-refractivity contribution < 1.29 is 28.6 Å². The van der Waals surface area contributed by atoms with E-state index >= 15 is 0 Å². The van der Waals surface area contributed by atoms with Gasteiger partial charge in [-0.2, -0.15) is 0 Å². The zero-order chi connectivity index (χ0) is 56.1. The molecule has 434 valence electrons. The highest BCUT2D eigenvalue weighted by atomic mass is 35.5. The van der Waals surface area contributed by atoms with Crippen LogP contribution in [0.5, 0.6) is 0 Å². The lowest BCUT2D eigenvalue weighted by Crippen LogP contribution is -2.53. The van der Waals surface area contributed by atoms with Crippen molar-refractivity contribution in [2.75, 3.05) is 149 Å². The number of halogens is 6. The molecule has 3 aromatic carbocycles. The third kappa shape index (κ3) is 28.4. The van der Waals surface area contributed by atoms with E-state index < -0.39 is 5.54 Å². The molecule has 0 aromatic heterocycles. The number of ether oxygens (including phenoxy) is 3. The summed E-state index contributed by atoms with van der Waals surface area (Å²) in [4.78, 5) is 44.8. The largest absolute Gasteiger partial charge is 0.379 e. The summed E-state index contributed by atoms with van der Waals surface area (Å²) in [5.41, 5.74) is 12.7. The molecule has 3 rings (SSSR count). The molecular formula is C58H89Cl6N7O6. The Hall–Kier alpha value is -2.95. The number of nitrogens with zero attached hydrogens (tertiary/aromatic N) is 3. The molecule has 0 aliphatic rings. The molecule has 0 aliphatic heterocycles. The molecule has 0 spiro atoms. The van der Waals surface area contributed by atoms with Crippen LogP contribution in [0.3, 0.4) is 0 Å². The van der Waals surface area contributed by atoms with E-state index in [-0.39, 0.29) is 55.3 Å². The van der Waals surface area contributed by atoms with Gasteiger partial charge >= 0.3 is 0 Å². The number of alkyl halides is 6. The van der Waals surface area contributed by atoms with Gasteiger partial charge in [0.2, 0.25) is 17.7 Å². The first-order valence-corrected chi connectivity index (χ1v) is 30.7. The maximum Gasteiger partial charge on any atom is 0.220 e. The van der Waals surface area contributed by atoms with Crippen LogP contribution in [0, 0.1) is 0 Å². The lowest BCUT2D eigenvalue weighted by atomic mass is 9.96. The second kappa shape index (κ2) is 41.1. The maximum atomic E-state index is 12.8. The summed E-state index contributed by atoms with van der Waals surface area (Å²) in [5.74, 6) is 3.84. The molecule has 0 fully saturated rings. The number of carbonyl (C=O) groups is 3. The second-order valence-corrected chi connectivity index (χ2v) is 22.1. The molecule has 19 heteroatoms. The zero-order valence-corrected chi connectivity index (χ0v) is 50.5. The molecule has 77 heavy (non-hydrogen) atoms. The van der Waals surface area contributed by atoms with Gasteiger partial charge in [-0.05, 0) is 109 Å². The number of anilines is 3. The van der Waals surface area contributed by atoms with Crippen LogP contribution in [0.2, 0.25) is 0 Å². The van der Waals surface area contributed by atoms with Crippen LogP contribution in [0.25, 0.3) is 0 Å². The minimum absolute atomic E-state index is 0.00149. The van der Waals surface area contributed by atoms with Crippen LogP contribution in [0.15, 0.2) is 72.8 Å². The Morgan fingerprint density at radius 3 is 0.896 bits per heavy atom. The van der Waals surface area contributed by atoms with Crippen molar-refractivity contribution in [3.63, 3.8) is 0 Å². The Morgan fingerprint density at radius 1 is 0.442 bits per heavy atom. The highest BCUT2D eigenvalue weighted by Crippen LogP contribution is 2.27. The van der Waals surface area contributed by atoms with Crippen LogP contribution in [-0.2, 0) is 28.6 Å². The van der Waals surface area contributed by atoms with E-state index in [0.717, 1.165) is 75.6 Å². The number of nitrogens with one attached hydrogen (secondary N) is 3. The molecule has 3 unspecified atom stereocenters. The third-order valence-electron chi connectivity index (χ3n) is 13.6. The van der Waals surface area contributed by atoms with Gasteiger partial charge in [-0.15, -0.1) is 69.6 Å². The van der Waals surface area contributed by atoms with Crippen molar-refractivity contribution in [2.24, 2.45) is 5.73 Å². The van der Waals surface area contributed by atoms with E-state index in [0.29, 0.717) is 113 Å². The molecular weight excluding hydrogens is 1100 g/mol. The van der Waals surface area contributed by atoms with Gasteiger partial charge in [-0.25, -0.2) is 0 Å². The number of rotatable bonds is 45. The van der Waals surface area contributed by atoms with E-state index in [1.54, 1.807) is 0 Å². The summed E-state index contributed by atoms with van der Waals surface area (Å²) in [6, 6.07) is 25.2. The molecule has 3 aromatic rings. The number of amides is 3. The Balaban J connectivity index is 1.40. The Bertz CT molecular complexity index is 1790. The predicted octanol–water partition coefficient (Wildman–Crippen LogP) is 10.9. The van der Waals surface area contributed by atoms with Gasteiger partial charge in [0.1, 0.15) is 0 Å². The summed E-state index contributed by atoms with van der Waals surface area (Å²) in [7, 11) is 0. The second-order valence-electron chi connectivity index (χ2n) is 19.8. The Kier molecular flexibility index (Phi) is 36.5. The number of nitrogens with two attached hydrogens (primary N) is 1. The third-order valence-corrected chi connectivity index (χ3v) is 14.6. The van der Waals surface area contributed by atoms with Crippen LogP contribution >= 0.6 is 69.6 Å². The SMILES string of the molecule is CC(CCC(=O)NCCCOCC(N)(COCCCNC(=O)CCC(C)c1ccc(N(CCCl)CCCl)cc1)COCCCNC(=O)CCC(C)c1ccc(N(CCCl)CCCl)cc1)c1ccc(N(CCCl)CCCl)cc1. The van der Waals surface area contributed by atoms with Crippen LogP contribution < -0.4 is 36.4 Å². The molecule has 0 radical (unpaired) electrons. The van der Waals surface area contributed by atoms with Gasteiger partial charge in [0, 0.05) is 150 Å². The fraction of sp³-hybridized carbons (Fsp3) is 0.638. The van der Waals surface area contributed by atoms with Crippen molar-refractivity contribution in [3.8, 4) is 0 Å². The van der Waals surface area contributed by atoms with Gasteiger partial charge in [-0.3, -0.25) is 14.4 Å². The van der Waals surface area contributed by atoms with Crippen molar-refractivity contribution in [1.29, 1.82) is 0 Å². The molecule has 0 heterocycles. The predicted molar refractivity (Wildman–Crippen MR) is 325 cm³/mol. The number of hydrogen-bond acceptors (Lipinski definition) is 10. The first-order chi connectivity index (χ1) is 37.3. The summed E-state index contributed by atoms with van der Waals surface area (Å²) in [6.45, 7) is 13.9. The lowest BCUT2D eigenvalue weighted by molar-refractivity contribution is -0.122.